The van der Waals surface area contributed by atoms with Gasteiger partial charge in [0.2, 0.25) is 5.78 Å². The highest BCUT2D eigenvalue weighted by Crippen LogP contribution is 2.23. The van der Waals surface area contributed by atoms with E-state index in [0.717, 1.165) is 5.56 Å². The molecule has 5 heteroatoms. The number of carbonyl (C=O) groups is 1. The molecule has 0 unspecified atom stereocenters. The van der Waals surface area contributed by atoms with E-state index in [1.807, 2.05) is 26.8 Å². The Hall–Kier alpha value is -2.17. The summed E-state index contributed by atoms with van der Waals surface area (Å²) in [5.74, 6) is 0.300. The summed E-state index contributed by atoms with van der Waals surface area (Å²) in [7, 11) is 1.53. The standard InChI is InChI=1S/C14H17N3O2/c1-9(2)17-13(12(19-4)8-16-17)14(18)11-7-10(3)5-6-15-11/h5-9H,1-4H3. The van der Waals surface area contributed by atoms with E-state index in [4.69, 9.17) is 4.74 Å². The Kier molecular flexibility index (Phi) is 3.64. The zero-order valence-electron chi connectivity index (χ0n) is 11.5. The van der Waals surface area contributed by atoms with Gasteiger partial charge < -0.3 is 4.74 Å². The van der Waals surface area contributed by atoms with Gasteiger partial charge in [0.15, 0.2) is 11.4 Å². The van der Waals surface area contributed by atoms with Crippen LogP contribution in [0.4, 0.5) is 0 Å². The van der Waals surface area contributed by atoms with Crippen LogP contribution in [0, 0.1) is 6.92 Å². The van der Waals surface area contributed by atoms with Gasteiger partial charge in [0.25, 0.3) is 0 Å². The molecule has 2 aromatic heterocycles. The topological polar surface area (TPSA) is 57.0 Å². The first kappa shape index (κ1) is 13.3. The Morgan fingerprint density at radius 2 is 2.16 bits per heavy atom. The number of ether oxygens (including phenoxy) is 1. The Morgan fingerprint density at radius 3 is 2.74 bits per heavy atom. The highest BCUT2D eigenvalue weighted by molar-refractivity contribution is 6.08. The zero-order chi connectivity index (χ0) is 14.0. The summed E-state index contributed by atoms with van der Waals surface area (Å²) in [6.45, 7) is 5.86. The van der Waals surface area contributed by atoms with Crippen LogP contribution in [-0.4, -0.2) is 27.7 Å². The Bertz CT molecular complexity index is 602. The molecule has 0 spiro atoms. The number of rotatable bonds is 4. The summed E-state index contributed by atoms with van der Waals surface area (Å²) in [6, 6.07) is 3.69. The number of nitrogens with zero attached hydrogens (tertiary/aromatic N) is 3. The smallest absolute Gasteiger partial charge is 0.233 e. The maximum atomic E-state index is 12.6. The summed E-state index contributed by atoms with van der Waals surface area (Å²) in [6.07, 6.45) is 3.19. The number of hydrogen-bond acceptors (Lipinski definition) is 4. The number of hydrogen-bond donors (Lipinski definition) is 0. The van der Waals surface area contributed by atoms with Crippen LogP contribution in [-0.2, 0) is 0 Å². The molecular formula is C14H17N3O2. The molecule has 0 saturated carbocycles. The van der Waals surface area contributed by atoms with Gasteiger partial charge in [-0.05, 0) is 38.5 Å². The molecule has 0 N–H and O–H groups in total. The van der Waals surface area contributed by atoms with Crippen molar-refractivity contribution in [1.82, 2.24) is 14.8 Å². The summed E-state index contributed by atoms with van der Waals surface area (Å²) in [4.78, 5) is 16.7. The number of methoxy groups -OCH3 is 1. The molecular weight excluding hydrogens is 242 g/mol. The Labute approximate surface area is 112 Å². The zero-order valence-corrected chi connectivity index (χ0v) is 11.5. The molecule has 0 saturated heterocycles. The predicted octanol–water partition coefficient (Wildman–Crippen LogP) is 2.41. The first-order chi connectivity index (χ1) is 9.04. The van der Waals surface area contributed by atoms with Crippen molar-refractivity contribution < 1.29 is 9.53 Å². The minimum atomic E-state index is -0.174. The molecule has 0 aliphatic carbocycles. The van der Waals surface area contributed by atoms with Crippen molar-refractivity contribution in [2.24, 2.45) is 0 Å². The van der Waals surface area contributed by atoms with Gasteiger partial charge in [-0.25, -0.2) is 0 Å². The van der Waals surface area contributed by atoms with E-state index >= 15 is 0 Å². The minimum Gasteiger partial charge on any atom is -0.493 e. The van der Waals surface area contributed by atoms with Crippen LogP contribution in [0.5, 0.6) is 5.75 Å². The van der Waals surface area contributed by atoms with Gasteiger partial charge in [0, 0.05) is 12.2 Å². The third-order valence-electron chi connectivity index (χ3n) is 2.83. The Morgan fingerprint density at radius 1 is 1.42 bits per heavy atom. The molecule has 5 nitrogen and oxygen atoms in total. The maximum Gasteiger partial charge on any atom is 0.233 e. The van der Waals surface area contributed by atoms with Crippen molar-refractivity contribution >= 4 is 5.78 Å². The molecule has 0 aliphatic rings. The fraction of sp³-hybridized carbons (Fsp3) is 0.357. The normalized spacial score (nSPS) is 10.8. The van der Waals surface area contributed by atoms with E-state index in [2.05, 4.69) is 10.1 Å². The van der Waals surface area contributed by atoms with Crippen LogP contribution < -0.4 is 4.74 Å². The third kappa shape index (κ3) is 2.50. The summed E-state index contributed by atoms with van der Waals surface area (Å²) >= 11 is 0. The van der Waals surface area contributed by atoms with Crippen molar-refractivity contribution in [3.63, 3.8) is 0 Å². The largest absolute Gasteiger partial charge is 0.493 e. The van der Waals surface area contributed by atoms with Crippen molar-refractivity contribution in [2.75, 3.05) is 7.11 Å². The predicted molar refractivity (Wildman–Crippen MR) is 71.6 cm³/mol. The lowest BCUT2D eigenvalue weighted by Crippen LogP contribution is -2.15. The molecule has 2 heterocycles. The van der Waals surface area contributed by atoms with Crippen LogP contribution >= 0.6 is 0 Å². The number of carbonyl (C=O) groups excluding carboxylic acids is 1. The van der Waals surface area contributed by atoms with Crippen LogP contribution in [0.25, 0.3) is 0 Å². The van der Waals surface area contributed by atoms with E-state index in [0.29, 0.717) is 17.1 Å². The number of pyridine rings is 1. The second-order valence-electron chi connectivity index (χ2n) is 4.65. The van der Waals surface area contributed by atoms with Gasteiger partial charge in [0.1, 0.15) is 5.69 Å². The van der Waals surface area contributed by atoms with Gasteiger partial charge >= 0.3 is 0 Å². The highest BCUT2D eigenvalue weighted by atomic mass is 16.5. The lowest BCUT2D eigenvalue weighted by Gasteiger charge is -2.11. The second-order valence-corrected chi connectivity index (χ2v) is 4.65. The van der Waals surface area contributed by atoms with E-state index in [1.54, 1.807) is 23.1 Å². The average molecular weight is 259 g/mol. The number of aromatic nitrogens is 3. The summed E-state index contributed by atoms with van der Waals surface area (Å²) in [5, 5.41) is 4.20. The van der Waals surface area contributed by atoms with E-state index in [1.165, 1.54) is 7.11 Å². The number of ketones is 1. The van der Waals surface area contributed by atoms with Crippen molar-refractivity contribution in [2.45, 2.75) is 26.8 Å². The van der Waals surface area contributed by atoms with Crippen molar-refractivity contribution in [3.8, 4) is 5.75 Å². The lowest BCUT2D eigenvalue weighted by atomic mass is 10.1. The van der Waals surface area contributed by atoms with Gasteiger partial charge in [-0.1, -0.05) is 0 Å². The third-order valence-corrected chi connectivity index (χ3v) is 2.83. The second kappa shape index (κ2) is 5.22. The first-order valence-electron chi connectivity index (χ1n) is 6.13. The highest BCUT2D eigenvalue weighted by Gasteiger charge is 2.23. The van der Waals surface area contributed by atoms with Crippen molar-refractivity contribution in [3.05, 3.63) is 41.5 Å². The van der Waals surface area contributed by atoms with Gasteiger partial charge in [0.05, 0.1) is 13.3 Å². The quantitative estimate of drug-likeness (QED) is 0.791. The molecule has 0 fully saturated rings. The fourth-order valence-electron chi connectivity index (χ4n) is 1.88. The van der Waals surface area contributed by atoms with Crippen LogP contribution in [0.15, 0.2) is 24.5 Å². The molecule has 2 rings (SSSR count). The van der Waals surface area contributed by atoms with Gasteiger partial charge in [-0.2, -0.15) is 5.10 Å². The van der Waals surface area contributed by atoms with E-state index in [9.17, 15) is 4.79 Å². The van der Waals surface area contributed by atoms with Gasteiger partial charge in [-0.15, -0.1) is 0 Å². The molecule has 0 atom stereocenters. The van der Waals surface area contributed by atoms with Crippen LogP contribution in [0.3, 0.4) is 0 Å². The SMILES string of the molecule is COc1cnn(C(C)C)c1C(=O)c1cc(C)ccn1. The summed E-state index contributed by atoms with van der Waals surface area (Å²) in [5.41, 5.74) is 1.84. The minimum absolute atomic E-state index is 0.0765. The average Bonchev–Trinajstić information content (AvgIpc) is 2.81. The number of aryl methyl sites for hydroxylation is 1. The fourth-order valence-corrected chi connectivity index (χ4v) is 1.88. The molecule has 100 valence electrons. The van der Waals surface area contributed by atoms with Gasteiger partial charge in [-0.3, -0.25) is 14.5 Å². The monoisotopic (exact) mass is 259 g/mol. The van der Waals surface area contributed by atoms with Crippen molar-refractivity contribution in [1.29, 1.82) is 0 Å². The first-order valence-corrected chi connectivity index (χ1v) is 6.13. The van der Waals surface area contributed by atoms with E-state index < -0.39 is 0 Å². The lowest BCUT2D eigenvalue weighted by molar-refractivity contribution is 0.101. The molecule has 0 aromatic carbocycles. The molecule has 0 bridgehead atoms. The Balaban J connectivity index is 2.51. The van der Waals surface area contributed by atoms with Crippen LogP contribution in [0.2, 0.25) is 0 Å². The maximum absolute atomic E-state index is 12.6. The molecule has 0 amide bonds. The molecule has 0 aliphatic heterocycles. The summed E-state index contributed by atoms with van der Waals surface area (Å²) < 4.78 is 6.87. The molecule has 2 aromatic rings. The molecule has 0 radical (unpaired) electrons. The van der Waals surface area contributed by atoms with E-state index in [-0.39, 0.29) is 11.8 Å². The molecule has 19 heavy (non-hydrogen) atoms. The van der Waals surface area contributed by atoms with Crippen LogP contribution in [0.1, 0.15) is 41.6 Å².